The van der Waals surface area contributed by atoms with Crippen LogP contribution in [0.5, 0.6) is 0 Å². The van der Waals surface area contributed by atoms with E-state index >= 15 is 0 Å². The van der Waals surface area contributed by atoms with Crippen LogP contribution in [0.15, 0.2) is 36.0 Å². The monoisotopic (exact) mass is 178 g/mol. The molecule has 0 bridgehead atoms. The van der Waals surface area contributed by atoms with E-state index < -0.39 is 0 Å². The highest BCUT2D eigenvalue weighted by Crippen LogP contribution is 2.21. The summed E-state index contributed by atoms with van der Waals surface area (Å²) in [7, 11) is 0. The van der Waals surface area contributed by atoms with Crippen molar-refractivity contribution in [2.45, 2.75) is 40.5 Å². The van der Waals surface area contributed by atoms with Crippen LogP contribution in [0.2, 0.25) is 0 Å². The second-order valence-electron chi connectivity index (χ2n) is 3.74. The molecule has 0 rings (SSSR count). The maximum Gasteiger partial charge on any atom is -0.0191 e. The molecule has 74 valence electrons. The predicted octanol–water partition coefficient (Wildman–Crippen LogP) is 4.50. The summed E-state index contributed by atoms with van der Waals surface area (Å²) in [6.07, 6.45) is 8.56. The lowest BCUT2D eigenvalue weighted by molar-refractivity contribution is 0.608. The Hall–Kier alpha value is -0.780. The van der Waals surface area contributed by atoms with Gasteiger partial charge in [-0.1, -0.05) is 50.6 Å². The van der Waals surface area contributed by atoms with E-state index in [0.717, 1.165) is 0 Å². The van der Waals surface area contributed by atoms with Gasteiger partial charge in [-0.15, -0.1) is 0 Å². The summed E-state index contributed by atoms with van der Waals surface area (Å²) in [5.74, 6) is 0.672. The van der Waals surface area contributed by atoms with Crippen molar-refractivity contribution in [1.82, 2.24) is 0 Å². The van der Waals surface area contributed by atoms with E-state index in [1.165, 1.54) is 24.0 Å². The zero-order chi connectivity index (χ0) is 10.3. The van der Waals surface area contributed by atoms with Crippen LogP contribution in [-0.4, -0.2) is 0 Å². The van der Waals surface area contributed by atoms with Crippen molar-refractivity contribution in [1.29, 1.82) is 0 Å². The van der Waals surface area contributed by atoms with E-state index in [0.29, 0.717) is 5.92 Å². The van der Waals surface area contributed by atoms with E-state index in [9.17, 15) is 0 Å². The van der Waals surface area contributed by atoms with Crippen LogP contribution >= 0.6 is 0 Å². The van der Waals surface area contributed by atoms with Gasteiger partial charge < -0.3 is 0 Å². The summed E-state index contributed by atoms with van der Waals surface area (Å²) in [4.78, 5) is 0. The molecule has 0 N–H and O–H groups in total. The Morgan fingerprint density at radius 3 is 2.38 bits per heavy atom. The van der Waals surface area contributed by atoms with Gasteiger partial charge in [0.1, 0.15) is 0 Å². The third-order valence-corrected chi connectivity index (χ3v) is 2.24. The van der Waals surface area contributed by atoms with Gasteiger partial charge in [-0.3, -0.25) is 0 Å². The number of hydrogen-bond acceptors (Lipinski definition) is 0. The lowest BCUT2D eigenvalue weighted by atomic mass is 9.92. The van der Waals surface area contributed by atoms with Crippen LogP contribution in [0.25, 0.3) is 0 Å². The minimum Gasteiger partial charge on any atom is -0.0991 e. The van der Waals surface area contributed by atoms with Gasteiger partial charge in [-0.2, -0.15) is 0 Å². The molecule has 0 aliphatic carbocycles. The van der Waals surface area contributed by atoms with Crippen molar-refractivity contribution in [2.75, 3.05) is 0 Å². The quantitative estimate of drug-likeness (QED) is 0.544. The molecule has 0 saturated carbocycles. The fraction of sp³-hybridized carbons (Fsp3) is 0.538. The highest BCUT2D eigenvalue weighted by Gasteiger charge is 2.05. The van der Waals surface area contributed by atoms with Crippen LogP contribution < -0.4 is 0 Å². The smallest absolute Gasteiger partial charge is 0.0191 e. The fourth-order valence-corrected chi connectivity index (χ4v) is 1.58. The van der Waals surface area contributed by atoms with Crippen LogP contribution in [0, 0.1) is 5.92 Å². The molecule has 0 aromatic rings. The van der Waals surface area contributed by atoms with Crippen molar-refractivity contribution in [3.63, 3.8) is 0 Å². The Balaban J connectivity index is 4.53. The van der Waals surface area contributed by atoms with Crippen LogP contribution in [0.1, 0.15) is 40.5 Å². The third-order valence-electron chi connectivity index (χ3n) is 2.24. The Kier molecular flexibility index (Phi) is 6.30. The van der Waals surface area contributed by atoms with Crippen LogP contribution in [-0.2, 0) is 0 Å². The van der Waals surface area contributed by atoms with Gasteiger partial charge in [0, 0.05) is 0 Å². The van der Waals surface area contributed by atoms with Crippen molar-refractivity contribution in [3.8, 4) is 0 Å². The summed E-state index contributed by atoms with van der Waals surface area (Å²) < 4.78 is 0. The first-order chi connectivity index (χ1) is 6.13. The Morgan fingerprint density at radius 1 is 1.38 bits per heavy atom. The van der Waals surface area contributed by atoms with Crippen molar-refractivity contribution >= 4 is 0 Å². The molecule has 0 saturated heterocycles. The lowest BCUT2D eigenvalue weighted by Gasteiger charge is -2.13. The molecule has 0 heteroatoms. The highest BCUT2D eigenvalue weighted by atomic mass is 14.1. The molecule has 0 fully saturated rings. The largest absolute Gasteiger partial charge is 0.0991 e. The van der Waals surface area contributed by atoms with Gasteiger partial charge in [-0.25, -0.2) is 0 Å². The molecule has 0 amide bonds. The molecule has 0 aliphatic rings. The molecule has 0 aromatic carbocycles. The topological polar surface area (TPSA) is 0 Å². The standard InChI is InChI=1S/C13H22/c1-6-8-10-13(11(3)4)12(5)9-7-2/h6,8,10,12H,1,7,9H2,2-5H3/b10-8-. The predicted molar refractivity (Wildman–Crippen MR) is 61.8 cm³/mol. The molecular weight excluding hydrogens is 156 g/mol. The van der Waals surface area contributed by atoms with E-state index in [-0.39, 0.29) is 0 Å². The number of rotatable bonds is 5. The van der Waals surface area contributed by atoms with Gasteiger partial charge >= 0.3 is 0 Å². The molecule has 0 nitrogen and oxygen atoms in total. The normalized spacial score (nSPS) is 12.9. The lowest BCUT2D eigenvalue weighted by Crippen LogP contribution is -1.98. The van der Waals surface area contributed by atoms with Crippen molar-refractivity contribution < 1.29 is 0 Å². The second-order valence-corrected chi connectivity index (χ2v) is 3.74. The zero-order valence-electron chi connectivity index (χ0n) is 9.43. The highest BCUT2D eigenvalue weighted by molar-refractivity contribution is 5.27. The molecule has 13 heavy (non-hydrogen) atoms. The van der Waals surface area contributed by atoms with Gasteiger partial charge in [-0.05, 0) is 31.8 Å². The van der Waals surface area contributed by atoms with Crippen molar-refractivity contribution in [2.24, 2.45) is 5.92 Å². The Bertz CT molecular complexity index is 202. The number of hydrogen-bond donors (Lipinski definition) is 0. The van der Waals surface area contributed by atoms with Gasteiger partial charge in [0.25, 0.3) is 0 Å². The molecule has 0 spiro atoms. The van der Waals surface area contributed by atoms with Crippen molar-refractivity contribution in [3.05, 3.63) is 36.0 Å². The zero-order valence-corrected chi connectivity index (χ0v) is 9.43. The number of allylic oxidation sites excluding steroid dienone is 5. The first-order valence-electron chi connectivity index (χ1n) is 5.09. The summed E-state index contributed by atoms with van der Waals surface area (Å²) in [6, 6.07) is 0. The summed E-state index contributed by atoms with van der Waals surface area (Å²) in [5.41, 5.74) is 2.88. The van der Waals surface area contributed by atoms with Gasteiger partial charge in [0.05, 0.1) is 0 Å². The SMILES string of the molecule is C=C/C=C\C(=C(C)C)C(C)CCC. The summed E-state index contributed by atoms with van der Waals surface area (Å²) in [5, 5.41) is 0. The average Bonchev–Trinajstić information content (AvgIpc) is 2.05. The fourth-order valence-electron chi connectivity index (χ4n) is 1.58. The average molecular weight is 178 g/mol. The molecular formula is C13H22. The van der Waals surface area contributed by atoms with E-state index in [2.05, 4.69) is 40.3 Å². The minimum atomic E-state index is 0.672. The molecule has 0 radical (unpaired) electrons. The maximum atomic E-state index is 3.69. The first kappa shape index (κ1) is 12.2. The molecule has 1 atom stereocenters. The van der Waals surface area contributed by atoms with Gasteiger partial charge in [0.2, 0.25) is 0 Å². The van der Waals surface area contributed by atoms with Crippen LogP contribution in [0.3, 0.4) is 0 Å². The van der Waals surface area contributed by atoms with Crippen LogP contribution in [0.4, 0.5) is 0 Å². The molecule has 0 aliphatic heterocycles. The molecule has 1 unspecified atom stereocenters. The van der Waals surface area contributed by atoms with Gasteiger partial charge in [0.15, 0.2) is 0 Å². The first-order valence-corrected chi connectivity index (χ1v) is 5.09. The molecule has 0 heterocycles. The third kappa shape index (κ3) is 4.72. The van der Waals surface area contributed by atoms with E-state index in [1.807, 2.05) is 12.2 Å². The second kappa shape index (κ2) is 6.71. The summed E-state index contributed by atoms with van der Waals surface area (Å²) >= 11 is 0. The summed E-state index contributed by atoms with van der Waals surface area (Å²) in [6.45, 7) is 12.6. The minimum absolute atomic E-state index is 0.672. The van der Waals surface area contributed by atoms with E-state index in [1.54, 1.807) is 0 Å². The van der Waals surface area contributed by atoms with E-state index in [4.69, 9.17) is 0 Å². The maximum absolute atomic E-state index is 3.69. The molecule has 0 aromatic heterocycles. The Labute approximate surface area is 83.0 Å². The Morgan fingerprint density at radius 2 is 2.00 bits per heavy atom.